The molecule has 0 atom stereocenters. The van der Waals surface area contributed by atoms with E-state index in [1.807, 2.05) is 6.07 Å². The molecule has 0 unspecified atom stereocenters. The Morgan fingerprint density at radius 2 is 1.96 bits per heavy atom. The number of anilines is 1. The third kappa shape index (κ3) is 2.53. The first-order chi connectivity index (χ1) is 11.2. The molecule has 1 aliphatic heterocycles. The van der Waals surface area contributed by atoms with E-state index in [0.717, 1.165) is 56.7 Å². The Morgan fingerprint density at radius 1 is 1.22 bits per heavy atom. The number of aryl methyl sites for hydroxylation is 1. The Morgan fingerprint density at radius 3 is 2.61 bits per heavy atom. The summed E-state index contributed by atoms with van der Waals surface area (Å²) in [6.07, 6.45) is 3.11. The Balaban J connectivity index is 1.94. The van der Waals surface area contributed by atoms with Crippen molar-refractivity contribution in [3.63, 3.8) is 0 Å². The van der Waals surface area contributed by atoms with Crippen LogP contribution in [0.15, 0.2) is 23.0 Å². The van der Waals surface area contributed by atoms with Crippen LogP contribution in [-0.4, -0.2) is 30.7 Å². The first-order valence-electron chi connectivity index (χ1n) is 8.52. The minimum Gasteiger partial charge on any atom is -0.367 e. The molecule has 4 rings (SSSR count). The summed E-state index contributed by atoms with van der Waals surface area (Å²) < 4.78 is 16.9. The van der Waals surface area contributed by atoms with E-state index >= 15 is 0 Å². The van der Waals surface area contributed by atoms with Crippen molar-refractivity contribution < 1.29 is 4.39 Å². The third-order valence-electron chi connectivity index (χ3n) is 4.93. The van der Waals surface area contributed by atoms with E-state index in [2.05, 4.69) is 21.7 Å². The van der Waals surface area contributed by atoms with Gasteiger partial charge in [-0.15, -0.1) is 0 Å². The quantitative estimate of drug-likeness (QED) is 0.945. The summed E-state index contributed by atoms with van der Waals surface area (Å²) in [6.45, 7) is 5.39. The van der Waals surface area contributed by atoms with E-state index in [4.69, 9.17) is 0 Å². The second-order valence-corrected chi connectivity index (χ2v) is 6.51. The largest absolute Gasteiger partial charge is 0.367 e. The van der Waals surface area contributed by atoms with Crippen molar-refractivity contribution in [1.82, 2.24) is 9.88 Å². The molecule has 1 saturated carbocycles. The van der Waals surface area contributed by atoms with Gasteiger partial charge in [-0.05, 0) is 31.4 Å². The van der Waals surface area contributed by atoms with Gasteiger partial charge >= 0.3 is 0 Å². The normalized spacial score (nSPS) is 18.6. The van der Waals surface area contributed by atoms with Gasteiger partial charge in [0.25, 0.3) is 0 Å². The molecule has 2 aromatic rings. The number of benzene rings is 1. The van der Waals surface area contributed by atoms with Crippen LogP contribution in [0.3, 0.4) is 0 Å². The highest BCUT2D eigenvalue weighted by molar-refractivity contribution is 5.84. The summed E-state index contributed by atoms with van der Waals surface area (Å²) in [5.74, 6) is -0.289. The molecule has 23 heavy (non-hydrogen) atoms. The smallest absolute Gasteiger partial charge is 0.189 e. The molecule has 0 amide bonds. The van der Waals surface area contributed by atoms with Gasteiger partial charge in [0.05, 0.1) is 11.2 Å². The van der Waals surface area contributed by atoms with Gasteiger partial charge in [-0.25, -0.2) is 4.39 Å². The highest BCUT2D eigenvalue weighted by Gasteiger charge is 2.27. The number of hydrogen-bond acceptors (Lipinski definition) is 3. The molecule has 2 aliphatic rings. The van der Waals surface area contributed by atoms with Crippen LogP contribution >= 0.6 is 0 Å². The van der Waals surface area contributed by atoms with Crippen LogP contribution < -0.4 is 15.6 Å². The molecule has 1 aromatic carbocycles. The van der Waals surface area contributed by atoms with Crippen LogP contribution in [0.4, 0.5) is 10.1 Å². The zero-order chi connectivity index (χ0) is 16.0. The van der Waals surface area contributed by atoms with Crippen LogP contribution in [0.25, 0.3) is 10.9 Å². The molecule has 5 heteroatoms. The number of nitrogens with zero attached hydrogens (tertiary/aromatic N) is 2. The van der Waals surface area contributed by atoms with Crippen molar-refractivity contribution in [2.24, 2.45) is 0 Å². The molecule has 0 spiro atoms. The fourth-order valence-electron chi connectivity index (χ4n) is 3.59. The number of piperazine rings is 1. The van der Waals surface area contributed by atoms with Gasteiger partial charge < -0.3 is 14.8 Å². The van der Waals surface area contributed by atoms with Crippen LogP contribution in [0.1, 0.15) is 31.5 Å². The lowest BCUT2D eigenvalue weighted by Gasteiger charge is -2.30. The number of nitrogens with one attached hydrogen (secondary N) is 1. The zero-order valence-corrected chi connectivity index (χ0v) is 13.4. The Hall–Kier alpha value is -1.88. The molecular formula is C18H22FN3O. The van der Waals surface area contributed by atoms with Crippen molar-refractivity contribution in [2.75, 3.05) is 31.1 Å². The van der Waals surface area contributed by atoms with E-state index < -0.39 is 0 Å². The molecule has 1 N–H and O–H groups in total. The minimum absolute atomic E-state index is 0.0699. The standard InChI is InChI=1S/C18H22FN3O/c1-2-12-9-18(23)14-10-15(19)17(21-7-5-20-6-8-21)11-16(14)22(12)13-3-4-13/h9-11,13,20H,2-8H2,1H3. The third-order valence-corrected chi connectivity index (χ3v) is 4.93. The number of rotatable bonds is 3. The molecule has 2 heterocycles. The fourth-order valence-corrected chi connectivity index (χ4v) is 3.59. The highest BCUT2D eigenvalue weighted by Crippen LogP contribution is 2.39. The van der Waals surface area contributed by atoms with Gasteiger partial charge in [0.1, 0.15) is 5.82 Å². The van der Waals surface area contributed by atoms with Crippen molar-refractivity contribution in [3.05, 3.63) is 39.9 Å². The summed E-state index contributed by atoms with van der Waals surface area (Å²) in [4.78, 5) is 14.5. The topological polar surface area (TPSA) is 37.3 Å². The maximum atomic E-state index is 14.6. The second kappa shape index (κ2) is 5.64. The Labute approximate surface area is 134 Å². The van der Waals surface area contributed by atoms with E-state index in [1.165, 1.54) is 6.07 Å². The van der Waals surface area contributed by atoms with Crippen molar-refractivity contribution >= 4 is 16.6 Å². The molecular weight excluding hydrogens is 293 g/mol. The minimum atomic E-state index is -0.289. The average molecular weight is 315 g/mol. The van der Waals surface area contributed by atoms with Crippen LogP contribution in [-0.2, 0) is 6.42 Å². The lowest BCUT2D eigenvalue weighted by atomic mass is 10.1. The number of aromatic nitrogens is 1. The zero-order valence-electron chi connectivity index (χ0n) is 13.4. The fraction of sp³-hybridized carbons (Fsp3) is 0.500. The lowest BCUT2D eigenvalue weighted by molar-refractivity contribution is 0.566. The van der Waals surface area contributed by atoms with Crippen molar-refractivity contribution in [3.8, 4) is 0 Å². The van der Waals surface area contributed by atoms with E-state index in [1.54, 1.807) is 6.07 Å². The summed E-state index contributed by atoms with van der Waals surface area (Å²) >= 11 is 0. The second-order valence-electron chi connectivity index (χ2n) is 6.51. The average Bonchev–Trinajstić information content (AvgIpc) is 3.40. The molecule has 1 aromatic heterocycles. The maximum Gasteiger partial charge on any atom is 0.189 e. The summed E-state index contributed by atoms with van der Waals surface area (Å²) in [7, 11) is 0. The van der Waals surface area contributed by atoms with E-state index in [9.17, 15) is 9.18 Å². The van der Waals surface area contributed by atoms with Gasteiger partial charge in [0, 0.05) is 49.4 Å². The lowest BCUT2D eigenvalue weighted by Crippen LogP contribution is -2.43. The summed E-state index contributed by atoms with van der Waals surface area (Å²) in [5.41, 5.74) is 2.51. The van der Waals surface area contributed by atoms with Gasteiger partial charge in [0.15, 0.2) is 5.43 Å². The number of pyridine rings is 1. The molecule has 1 saturated heterocycles. The van der Waals surface area contributed by atoms with E-state index in [-0.39, 0.29) is 11.2 Å². The Kier molecular flexibility index (Phi) is 3.60. The summed E-state index contributed by atoms with van der Waals surface area (Å²) in [6, 6.07) is 5.49. The first kappa shape index (κ1) is 14.7. The molecule has 0 bridgehead atoms. The van der Waals surface area contributed by atoms with Gasteiger partial charge in [-0.2, -0.15) is 0 Å². The van der Waals surface area contributed by atoms with Crippen LogP contribution in [0, 0.1) is 5.82 Å². The molecule has 0 radical (unpaired) electrons. The Bertz CT molecular complexity index is 804. The molecule has 1 aliphatic carbocycles. The SMILES string of the molecule is CCc1cc(=O)c2cc(F)c(N3CCNCC3)cc2n1C1CC1. The van der Waals surface area contributed by atoms with Crippen LogP contribution in [0.5, 0.6) is 0 Å². The van der Waals surface area contributed by atoms with Crippen molar-refractivity contribution in [1.29, 1.82) is 0 Å². The van der Waals surface area contributed by atoms with Gasteiger partial charge in [-0.1, -0.05) is 6.92 Å². The molecule has 4 nitrogen and oxygen atoms in total. The summed E-state index contributed by atoms with van der Waals surface area (Å²) in [5, 5.41) is 3.79. The predicted molar refractivity (Wildman–Crippen MR) is 90.9 cm³/mol. The molecule has 2 fully saturated rings. The van der Waals surface area contributed by atoms with Gasteiger partial charge in [0.2, 0.25) is 0 Å². The number of halogens is 1. The monoisotopic (exact) mass is 315 g/mol. The maximum absolute atomic E-state index is 14.6. The predicted octanol–water partition coefficient (Wildman–Crippen LogP) is 2.45. The first-order valence-corrected chi connectivity index (χ1v) is 8.52. The van der Waals surface area contributed by atoms with Crippen molar-refractivity contribution in [2.45, 2.75) is 32.2 Å². The molecule has 122 valence electrons. The van der Waals surface area contributed by atoms with E-state index in [0.29, 0.717) is 17.1 Å². The number of fused-ring (bicyclic) bond motifs is 1. The number of hydrogen-bond donors (Lipinski definition) is 1. The van der Waals surface area contributed by atoms with Crippen LogP contribution in [0.2, 0.25) is 0 Å². The highest BCUT2D eigenvalue weighted by atomic mass is 19.1. The van der Waals surface area contributed by atoms with Gasteiger partial charge in [-0.3, -0.25) is 4.79 Å².